The first-order valence-corrected chi connectivity index (χ1v) is 20.2. The van der Waals surface area contributed by atoms with Crippen LogP contribution in [0.2, 0.25) is 0 Å². The van der Waals surface area contributed by atoms with E-state index in [1.165, 1.54) is 4.57 Å². The fourth-order valence-corrected chi connectivity index (χ4v) is 8.34. The SMILES string of the molecule is [2H]c1cc(Oc2ccc3c4c([2H])c([2H])c([2H])c([2H])c4n(-c4nc5ccccc5n4C([2H])([2H])[2H])c3c2)cc(N2CN(c3c(-c4ccccc4)c([2H])c(C(C)(C)C)c([2H])c3-c3ccccc3)c3ccccc32)c1. The summed E-state index contributed by atoms with van der Waals surface area (Å²) in [5, 5.41) is 0.627. The molecule has 6 nitrogen and oxygen atoms in total. The summed E-state index contributed by atoms with van der Waals surface area (Å²) in [6, 6.07) is 43.9. The topological polar surface area (TPSA) is 38.5 Å². The molecule has 0 aliphatic carbocycles. The number of rotatable bonds is 7. The number of benzene rings is 8. The Labute approximate surface area is 370 Å². The summed E-state index contributed by atoms with van der Waals surface area (Å²) < 4.78 is 99.1. The van der Waals surface area contributed by atoms with Crippen molar-refractivity contribution in [1.29, 1.82) is 0 Å². The van der Waals surface area contributed by atoms with Gasteiger partial charge in [-0.3, -0.25) is 4.57 Å². The lowest BCUT2D eigenvalue weighted by Crippen LogP contribution is -2.25. The second kappa shape index (κ2) is 14.3. The van der Waals surface area contributed by atoms with Crippen LogP contribution in [-0.2, 0) is 12.4 Å². The number of aromatic nitrogens is 3. The summed E-state index contributed by atoms with van der Waals surface area (Å²) in [4.78, 5) is 9.00. The van der Waals surface area contributed by atoms with Crippen LogP contribution in [0.1, 0.15) is 40.0 Å². The second-order valence-corrected chi connectivity index (χ2v) is 16.2. The molecule has 296 valence electrons. The van der Waals surface area contributed by atoms with Gasteiger partial charge in [-0.15, -0.1) is 0 Å². The van der Waals surface area contributed by atoms with E-state index < -0.39 is 24.5 Å². The smallest absolute Gasteiger partial charge is 0.215 e. The van der Waals surface area contributed by atoms with Gasteiger partial charge in [-0.1, -0.05) is 130 Å². The fourth-order valence-electron chi connectivity index (χ4n) is 8.34. The van der Waals surface area contributed by atoms with Gasteiger partial charge in [0.25, 0.3) is 0 Å². The molecule has 1 aliphatic heterocycles. The lowest BCUT2D eigenvalue weighted by atomic mass is 9.82. The van der Waals surface area contributed by atoms with Crippen molar-refractivity contribution in [3.05, 3.63) is 193 Å². The molecule has 0 spiro atoms. The van der Waals surface area contributed by atoms with E-state index in [1.54, 1.807) is 54.6 Å². The zero-order valence-electron chi connectivity index (χ0n) is 43.7. The molecule has 11 rings (SSSR count). The zero-order chi connectivity index (χ0) is 49.8. The molecule has 3 heterocycles. The Bertz CT molecular complexity index is 3720. The number of fused-ring (bicyclic) bond motifs is 5. The third-order valence-electron chi connectivity index (χ3n) is 11.3. The van der Waals surface area contributed by atoms with Gasteiger partial charge in [0, 0.05) is 50.8 Å². The first kappa shape index (κ1) is 27.2. The van der Waals surface area contributed by atoms with Crippen molar-refractivity contribution in [3.8, 4) is 39.7 Å². The van der Waals surface area contributed by atoms with E-state index in [-0.39, 0.29) is 53.7 Å². The van der Waals surface area contributed by atoms with Gasteiger partial charge in [0.05, 0.1) is 48.7 Å². The summed E-state index contributed by atoms with van der Waals surface area (Å²) in [7, 11) is 0. The summed E-state index contributed by atoms with van der Waals surface area (Å²) in [6.45, 7) is 3.66. The molecule has 8 aromatic carbocycles. The number of hydrogen-bond acceptors (Lipinski definition) is 4. The van der Waals surface area contributed by atoms with E-state index in [9.17, 15) is 2.74 Å². The third-order valence-corrected chi connectivity index (χ3v) is 11.3. The van der Waals surface area contributed by atoms with Gasteiger partial charge in [0.1, 0.15) is 18.2 Å². The summed E-state index contributed by atoms with van der Waals surface area (Å²) in [5.74, 6) is 0.545. The van der Waals surface area contributed by atoms with Crippen LogP contribution in [-0.4, -0.2) is 20.8 Å². The van der Waals surface area contributed by atoms with E-state index in [4.69, 9.17) is 20.7 Å². The molecule has 0 saturated carbocycles. The Kier molecular flexibility index (Phi) is 6.39. The first-order chi connectivity index (χ1) is 33.9. The molecular formula is C55H45N5O. The molecular weight excluding hydrogens is 747 g/mol. The first-order valence-electron chi connectivity index (χ1n) is 25.2. The van der Waals surface area contributed by atoms with Crippen LogP contribution in [0.15, 0.2) is 188 Å². The average Bonchev–Trinajstić information content (AvgIpc) is 4.03. The minimum Gasteiger partial charge on any atom is -0.457 e. The Hall–Kier alpha value is -7.57. The zero-order valence-corrected chi connectivity index (χ0v) is 33.7. The molecule has 0 fully saturated rings. The largest absolute Gasteiger partial charge is 0.457 e. The van der Waals surface area contributed by atoms with Gasteiger partial charge in [0.2, 0.25) is 5.95 Å². The van der Waals surface area contributed by atoms with Crippen molar-refractivity contribution >= 4 is 55.6 Å². The minimum atomic E-state index is -2.72. The van der Waals surface area contributed by atoms with Gasteiger partial charge in [-0.05, 0) is 88.8 Å². The predicted octanol–water partition coefficient (Wildman–Crippen LogP) is 14.3. The number of aryl methyl sites for hydroxylation is 1. The van der Waals surface area contributed by atoms with Crippen LogP contribution in [0.3, 0.4) is 0 Å². The highest BCUT2D eigenvalue weighted by molar-refractivity contribution is 6.09. The monoisotopic (exact) mass is 801 g/mol. The van der Waals surface area contributed by atoms with E-state index in [2.05, 4.69) is 9.80 Å². The van der Waals surface area contributed by atoms with Crippen LogP contribution in [0.25, 0.3) is 61.0 Å². The minimum absolute atomic E-state index is 0.0601. The molecule has 0 N–H and O–H groups in total. The molecule has 0 saturated heterocycles. The Morgan fingerprint density at radius 3 is 1.98 bits per heavy atom. The van der Waals surface area contributed by atoms with Crippen LogP contribution in [0, 0.1) is 0 Å². The predicted molar refractivity (Wildman–Crippen MR) is 253 cm³/mol. The fraction of sp³-hybridized carbons (Fsp3) is 0.109. The van der Waals surface area contributed by atoms with Crippen molar-refractivity contribution in [2.24, 2.45) is 6.98 Å². The van der Waals surface area contributed by atoms with Crippen LogP contribution < -0.4 is 14.5 Å². The van der Waals surface area contributed by atoms with Gasteiger partial charge < -0.3 is 19.1 Å². The summed E-state index contributed by atoms with van der Waals surface area (Å²) in [6.07, 6.45) is 0. The quantitative estimate of drug-likeness (QED) is 0.161. The maximum atomic E-state index is 9.88. The molecule has 0 bridgehead atoms. The van der Waals surface area contributed by atoms with Crippen molar-refractivity contribution in [2.75, 3.05) is 16.5 Å². The van der Waals surface area contributed by atoms with E-state index >= 15 is 0 Å². The van der Waals surface area contributed by atoms with Crippen molar-refractivity contribution in [1.82, 2.24) is 14.1 Å². The van der Waals surface area contributed by atoms with Gasteiger partial charge in [-0.2, -0.15) is 0 Å². The van der Waals surface area contributed by atoms with Crippen molar-refractivity contribution < 1.29 is 18.4 Å². The van der Waals surface area contributed by atoms with Crippen molar-refractivity contribution in [2.45, 2.75) is 26.2 Å². The van der Waals surface area contributed by atoms with Crippen LogP contribution in [0.4, 0.5) is 22.7 Å². The number of nitrogens with zero attached hydrogens (tertiary/aromatic N) is 5. The highest BCUT2D eigenvalue weighted by Crippen LogP contribution is 2.51. The van der Waals surface area contributed by atoms with E-state index in [1.807, 2.05) is 112 Å². The van der Waals surface area contributed by atoms with Crippen LogP contribution >= 0.6 is 0 Å². The number of imidazole rings is 1. The molecule has 0 unspecified atom stereocenters. The molecule has 10 aromatic rings. The number of hydrogen-bond donors (Lipinski definition) is 0. The van der Waals surface area contributed by atoms with Gasteiger partial charge in [0.15, 0.2) is 0 Å². The second-order valence-electron chi connectivity index (χ2n) is 16.2. The summed E-state index contributed by atoms with van der Waals surface area (Å²) >= 11 is 0. The van der Waals surface area contributed by atoms with Crippen LogP contribution in [0.5, 0.6) is 11.5 Å². The normalized spacial score (nSPS) is 15.3. The number of para-hydroxylation sites is 5. The average molecular weight is 802 g/mol. The van der Waals surface area contributed by atoms with Gasteiger partial charge in [-0.25, -0.2) is 4.98 Å². The van der Waals surface area contributed by atoms with Crippen molar-refractivity contribution in [3.63, 3.8) is 0 Å². The van der Waals surface area contributed by atoms with E-state index in [0.29, 0.717) is 55.8 Å². The Morgan fingerprint density at radius 1 is 0.607 bits per heavy atom. The molecule has 6 heteroatoms. The number of ether oxygens (including phenoxy) is 1. The molecule has 0 radical (unpaired) electrons. The highest BCUT2D eigenvalue weighted by atomic mass is 16.5. The highest BCUT2D eigenvalue weighted by Gasteiger charge is 2.32. The van der Waals surface area contributed by atoms with E-state index in [0.717, 1.165) is 32.8 Å². The molecule has 1 aliphatic rings. The molecule has 0 atom stereocenters. The Balaban J connectivity index is 1.06. The molecule has 0 amide bonds. The molecule has 61 heavy (non-hydrogen) atoms. The third kappa shape index (κ3) is 6.22. The maximum Gasteiger partial charge on any atom is 0.215 e. The number of anilines is 4. The standard InChI is InChI=1S/C55H45N5O/c1-55(2,3)39-32-45(37-18-7-5-8-19-37)53(46(33-39)38-20-9-6-10-21-38)59-36-58(50-28-15-16-29-51(50)59)40-22-17-23-41(34-40)61-42-30-31-44-43-24-11-13-26-48(43)60(52(44)35-42)54-56-47-25-12-14-27-49(47)57(54)4/h5-35H,36H2,1-4H3/i4D3,11D,13D,17D,24D,26D,32D,33D. The summed E-state index contributed by atoms with van der Waals surface area (Å²) in [5.41, 5.74) is 7.36. The van der Waals surface area contributed by atoms with Gasteiger partial charge >= 0.3 is 0 Å². The Morgan fingerprint density at radius 2 is 1.26 bits per heavy atom. The lowest BCUT2D eigenvalue weighted by Gasteiger charge is -2.30. The lowest BCUT2D eigenvalue weighted by molar-refractivity contribution is 0.483. The molecule has 2 aromatic heterocycles. The maximum absolute atomic E-state index is 9.88.